The lowest BCUT2D eigenvalue weighted by Crippen LogP contribution is -2.31. The summed E-state index contributed by atoms with van der Waals surface area (Å²) in [5.41, 5.74) is 5.86. The number of rotatable bonds is 2. The topological polar surface area (TPSA) is 132 Å². The lowest BCUT2D eigenvalue weighted by Gasteiger charge is -2.15. The van der Waals surface area contributed by atoms with Gasteiger partial charge < -0.3 is 29.6 Å². The molecule has 0 spiro atoms. The van der Waals surface area contributed by atoms with Crippen molar-refractivity contribution in [2.24, 2.45) is 5.73 Å². The molecule has 0 radical (unpaired) electrons. The van der Waals surface area contributed by atoms with Gasteiger partial charge in [-0.1, -0.05) is 0 Å². The lowest BCUT2D eigenvalue weighted by atomic mass is 10.2. The van der Waals surface area contributed by atoms with Crippen molar-refractivity contribution in [3.63, 3.8) is 0 Å². The van der Waals surface area contributed by atoms with Crippen molar-refractivity contribution < 1.29 is 46.6 Å². The van der Waals surface area contributed by atoms with E-state index in [4.69, 9.17) is 29.5 Å². The van der Waals surface area contributed by atoms with Gasteiger partial charge in [-0.15, -0.1) is 0 Å². The number of halogens is 3. The highest BCUT2D eigenvalue weighted by Gasteiger charge is 2.45. The van der Waals surface area contributed by atoms with Gasteiger partial charge in [0.25, 0.3) is 5.91 Å². The Morgan fingerprint density at radius 3 is 2.20 bits per heavy atom. The Morgan fingerprint density at radius 1 is 1.28 bits per heavy atom. The van der Waals surface area contributed by atoms with Crippen LogP contribution in [-0.2, 0) is 20.8 Å². The highest BCUT2D eigenvalue weighted by molar-refractivity contribution is 5.94. The van der Waals surface area contributed by atoms with Gasteiger partial charge in [-0.3, -0.25) is 4.79 Å². The Morgan fingerprint density at radius 2 is 1.80 bits per heavy atom. The number of hydrogen-bond donors (Lipinski definition) is 2. The molecule has 9 nitrogen and oxygen atoms in total. The molecule has 3 rings (SSSR count). The molecule has 0 saturated carbocycles. The quantitative estimate of drug-likeness (QED) is 0.732. The van der Waals surface area contributed by atoms with Gasteiger partial charge in [0.05, 0.1) is 25.2 Å². The van der Waals surface area contributed by atoms with Gasteiger partial charge >= 0.3 is 18.3 Å². The van der Waals surface area contributed by atoms with E-state index in [1.54, 1.807) is 11.0 Å². The number of carbonyl (C=O) groups excluding carboxylic acids is 2. The largest absolute Gasteiger partial charge is 0.509 e. The summed E-state index contributed by atoms with van der Waals surface area (Å²) in [5.74, 6) is -2.37. The van der Waals surface area contributed by atoms with Crippen molar-refractivity contribution in [1.29, 1.82) is 0 Å². The Bertz CT molecular complexity index is 657. The van der Waals surface area contributed by atoms with E-state index in [1.165, 1.54) is 6.26 Å². The second-order valence-corrected chi connectivity index (χ2v) is 5.08. The fraction of sp³-hybridized carbons (Fsp3) is 0.462. The minimum absolute atomic E-state index is 0.174. The molecule has 1 amide bonds. The van der Waals surface area contributed by atoms with Crippen LogP contribution in [0.25, 0.3) is 0 Å². The predicted molar refractivity (Wildman–Crippen MR) is 71.3 cm³/mol. The standard InChI is InChI=1S/C11H12N2O5.C2HF3O2/c12-2-7-1-6(5-16-7)10(14)13-3-8-9(4-13)18-11(15)17-8;3-2(4,5)1(6)7/h1,5,8-9H,2-4,12H2;(H,6,7)/t8-,9+;. The third kappa shape index (κ3) is 4.41. The second kappa shape index (κ2) is 7.01. The molecule has 12 heteroatoms. The van der Waals surface area contributed by atoms with Crippen LogP contribution in [0.4, 0.5) is 18.0 Å². The summed E-state index contributed by atoms with van der Waals surface area (Å²) in [6.45, 7) is 0.940. The zero-order valence-electron chi connectivity index (χ0n) is 12.5. The van der Waals surface area contributed by atoms with Gasteiger partial charge in [0.15, 0.2) is 12.2 Å². The lowest BCUT2D eigenvalue weighted by molar-refractivity contribution is -0.192. The Labute approximate surface area is 138 Å². The number of aliphatic carboxylic acids is 1. The maximum Gasteiger partial charge on any atom is 0.509 e. The molecule has 2 saturated heterocycles. The van der Waals surface area contributed by atoms with Crippen molar-refractivity contribution in [2.45, 2.75) is 24.9 Å². The zero-order chi connectivity index (χ0) is 18.8. The molecule has 3 N–H and O–H groups in total. The third-order valence-corrected chi connectivity index (χ3v) is 3.34. The van der Waals surface area contributed by atoms with Crippen LogP contribution in [0.15, 0.2) is 16.7 Å². The fourth-order valence-corrected chi connectivity index (χ4v) is 2.19. The van der Waals surface area contributed by atoms with Gasteiger partial charge in [-0.25, -0.2) is 9.59 Å². The average Bonchev–Trinajstić information content (AvgIpc) is 3.19. The molecule has 3 heterocycles. The predicted octanol–water partition coefficient (Wildman–Crippen LogP) is 0.731. The fourth-order valence-electron chi connectivity index (χ4n) is 2.19. The molecule has 0 aromatic carbocycles. The molecule has 25 heavy (non-hydrogen) atoms. The first-order valence-electron chi connectivity index (χ1n) is 6.86. The number of carboxylic acids is 1. The summed E-state index contributed by atoms with van der Waals surface area (Å²) in [5, 5.41) is 7.12. The van der Waals surface area contributed by atoms with Gasteiger partial charge in [0.1, 0.15) is 12.0 Å². The summed E-state index contributed by atoms with van der Waals surface area (Å²) in [6.07, 6.45) is -5.08. The number of ether oxygens (including phenoxy) is 2. The van der Waals surface area contributed by atoms with Gasteiger partial charge in [0, 0.05) is 0 Å². The second-order valence-electron chi connectivity index (χ2n) is 5.08. The Hall–Kier alpha value is -2.76. The highest BCUT2D eigenvalue weighted by atomic mass is 19.4. The smallest absolute Gasteiger partial charge is 0.475 e. The molecule has 1 aromatic heterocycles. The van der Waals surface area contributed by atoms with Crippen LogP contribution in [0.1, 0.15) is 16.1 Å². The van der Waals surface area contributed by atoms with E-state index >= 15 is 0 Å². The number of fused-ring (bicyclic) bond motifs is 1. The van der Waals surface area contributed by atoms with E-state index in [2.05, 4.69) is 0 Å². The first-order valence-corrected chi connectivity index (χ1v) is 6.86. The number of alkyl halides is 3. The van der Waals surface area contributed by atoms with Crippen molar-refractivity contribution in [2.75, 3.05) is 13.1 Å². The summed E-state index contributed by atoms with van der Waals surface area (Å²) >= 11 is 0. The van der Waals surface area contributed by atoms with Crippen LogP contribution >= 0.6 is 0 Å². The number of likely N-dealkylation sites (tertiary alicyclic amines) is 1. The number of hydrogen-bond acceptors (Lipinski definition) is 7. The molecule has 0 unspecified atom stereocenters. The molecular formula is C13H13F3N2O7. The number of carbonyl (C=O) groups is 3. The molecule has 0 aliphatic carbocycles. The maximum atomic E-state index is 12.1. The van der Waals surface area contributed by atoms with E-state index in [9.17, 15) is 22.8 Å². The monoisotopic (exact) mass is 366 g/mol. The van der Waals surface area contributed by atoms with E-state index in [-0.39, 0.29) is 24.7 Å². The molecule has 1 aromatic rings. The maximum absolute atomic E-state index is 12.1. The minimum Gasteiger partial charge on any atom is -0.475 e. The van der Waals surface area contributed by atoms with E-state index in [1.807, 2.05) is 0 Å². The third-order valence-electron chi connectivity index (χ3n) is 3.34. The van der Waals surface area contributed by atoms with Crippen molar-refractivity contribution >= 4 is 18.0 Å². The summed E-state index contributed by atoms with van der Waals surface area (Å²) in [7, 11) is 0. The summed E-state index contributed by atoms with van der Waals surface area (Å²) in [4.78, 5) is 33.5. The SMILES string of the molecule is NCc1cc(C(=O)N2C[C@@H]3OC(=O)O[C@@H]3C2)co1.O=C(O)C(F)(F)F. The van der Waals surface area contributed by atoms with Crippen LogP contribution < -0.4 is 5.73 Å². The van der Waals surface area contributed by atoms with E-state index in [0.29, 0.717) is 24.4 Å². The van der Waals surface area contributed by atoms with E-state index in [0.717, 1.165) is 0 Å². The molecule has 2 atom stereocenters. The van der Waals surface area contributed by atoms with E-state index < -0.39 is 18.3 Å². The van der Waals surface area contributed by atoms with Crippen molar-refractivity contribution in [1.82, 2.24) is 4.90 Å². The molecule has 2 aliphatic heterocycles. The molecule has 138 valence electrons. The number of nitrogens with zero attached hydrogens (tertiary/aromatic N) is 1. The summed E-state index contributed by atoms with van der Waals surface area (Å²) in [6, 6.07) is 1.61. The Kier molecular flexibility index (Phi) is 5.21. The highest BCUT2D eigenvalue weighted by Crippen LogP contribution is 2.25. The molecule has 0 bridgehead atoms. The number of carboxylic acid groups (broad SMARTS) is 1. The summed E-state index contributed by atoms with van der Waals surface area (Å²) < 4.78 is 46.7. The average molecular weight is 366 g/mol. The first kappa shape index (κ1) is 18.6. The van der Waals surface area contributed by atoms with Gasteiger partial charge in [-0.05, 0) is 6.07 Å². The minimum atomic E-state index is -5.08. The van der Waals surface area contributed by atoms with Crippen molar-refractivity contribution in [3.05, 3.63) is 23.7 Å². The van der Waals surface area contributed by atoms with Gasteiger partial charge in [0.2, 0.25) is 0 Å². The Balaban J connectivity index is 0.000000277. The first-order chi connectivity index (χ1) is 11.6. The molecule has 2 aliphatic rings. The van der Waals surface area contributed by atoms with Crippen LogP contribution in [-0.4, -0.2) is 59.5 Å². The zero-order valence-corrected chi connectivity index (χ0v) is 12.5. The van der Waals surface area contributed by atoms with Crippen LogP contribution in [0.3, 0.4) is 0 Å². The normalized spacial score (nSPS) is 21.8. The van der Waals surface area contributed by atoms with Gasteiger partial charge in [-0.2, -0.15) is 13.2 Å². The number of nitrogens with two attached hydrogens (primary N) is 1. The number of furan rings is 1. The number of amides is 1. The molecular weight excluding hydrogens is 353 g/mol. The van der Waals surface area contributed by atoms with Crippen LogP contribution in [0.2, 0.25) is 0 Å². The van der Waals surface area contributed by atoms with Crippen LogP contribution in [0, 0.1) is 0 Å². The van der Waals surface area contributed by atoms with Crippen LogP contribution in [0.5, 0.6) is 0 Å². The van der Waals surface area contributed by atoms with Crippen molar-refractivity contribution in [3.8, 4) is 0 Å². The molecule has 2 fully saturated rings.